The van der Waals surface area contributed by atoms with Crippen molar-refractivity contribution in [1.82, 2.24) is 5.32 Å². The van der Waals surface area contributed by atoms with Crippen LogP contribution in [0.1, 0.15) is 40.5 Å². The zero-order valence-electron chi connectivity index (χ0n) is 24.1. The predicted molar refractivity (Wildman–Crippen MR) is 147 cm³/mol. The topological polar surface area (TPSA) is 163 Å². The second-order valence-electron chi connectivity index (χ2n) is 10.1. The molecule has 220 valence electrons. The van der Waals surface area contributed by atoms with Gasteiger partial charge in [0.05, 0.1) is 25.0 Å². The lowest BCUT2D eigenvalue weighted by molar-refractivity contribution is -0.120. The van der Waals surface area contributed by atoms with Gasteiger partial charge in [-0.1, -0.05) is 38.2 Å². The summed E-state index contributed by atoms with van der Waals surface area (Å²) in [6.45, 7) is 6.92. The van der Waals surface area contributed by atoms with Gasteiger partial charge in [0.15, 0.2) is 11.9 Å². The fourth-order valence-electron chi connectivity index (χ4n) is 4.78. The van der Waals surface area contributed by atoms with Crippen LogP contribution in [0.25, 0.3) is 0 Å². The molecule has 1 aliphatic carbocycles. The van der Waals surface area contributed by atoms with Crippen molar-refractivity contribution in [2.24, 2.45) is 17.6 Å². The Kier molecular flexibility index (Phi) is 12.0. The van der Waals surface area contributed by atoms with Gasteiger partial charge in [-0.2, -0.15) is 0 Å². The van der Waals surface area contributed by atoms with Gasteiger partial charge in [0, 0.05) is 37.4 Å². The standard InChI is InChI=1S/C29H40N2O9/c1-15-11-19-25(34)20(14-21(32)27(19)39-7)31-28(35)16(2)9-8-10-22(37-5)26(40-29(30)36)18(4)13-17(3)24(33)23(12-15)38-6/h8-10,13-15,17,22-24,26,33H,11-12H2,1-7H3,(H2,30,36)(H,31,35)/b10-8-,16-9+,18-13+/t15-,17+,22?,23+,24?,26?/m1/s1. The van der Waals surface area contributed by atoms with Gasteiger partial charge in [-0.15, -0.1) is 0 Å². The Morgan fingerprint density at radius 2 is 1.77 bits per heavy atom. The molecule has 4 N–H and O–H groups in total. The molecule has 2 aliphatic rings. The van der Waals surface area contributed by atoms with Crippen LogP contribution in [-0.4, -0.2) is 74.4 Å². The van der Waals surface area contributed by atoms with Crippen molar-refractivity contribution in [2.75, 3.05) is 21.3 Å². The number of primary amides is 1. The van der Waals surface area contributed by atoms with Crippen LogP contribution in [0.4, 0.5) is 4.79 Å². The van der Waals surface area contributed by atoms with Gasteiger partial charge in [0.1, 0.15) is 6.10 Å². The number of aliphatic hydroxyl groups is 1. The summed E-state index contributed by atoms with van der Waals surface area (Å²) in [5.74, 6) is -2.39. The van der Waals surface area contributed by atoms with E-state index in [-0.39, 0.29) is 34.9 Å². The number of ketones is 2. The first kappa shape index (κ1) is 32.7. The van der Waals surface area contributed by atoms with Gasteiger partial charge in [0.25, 0.3) is 5.91 Å². The molecule has 0 saturated heterocycles. The van der Waals surface area contributed by atoms with Gasteiger partial charge in [-0.05, 0) is 38.2 Å². The maximum Gasteiger partial charge on any atom is 0.405 e. The molecule has 1 aliphatic heterocycles. The number of fused-ring (bicyclic) bond motifs is 2. The summed E-state index contributed by atoms with van der Waals surface area (Å²) in [5.41, 5.74) is 6.12. The molecular weight excluding hydrogens is 520 g/mol. The first-order valence-corrected chi connectivity index (χ1v) is 13.0. The Hall–Kier alpha value is -3.54. The number of hydrogen-bond acceptors (Lipinski definition) is 9. The Morgan fingerprint density at radius 1 is 1.10 bits per heavy atom. The molecule has 11 nitrogen and oxygen atoms in total. The second-order valence-corrected chi connectivity index (χ2v) is 10.1. The number of carbonyl (C=O) groups is 4. The van der Waals surface area contributed by atoms with E-state index in [1.807, 2.05) is 6.92 Å². The van der Waals surface area contributed by atoms with Crippen molar-refractivity contribution < 1.29 is 43.2 Å². The number of Topliss-reactive ketones (excluding diaryl/α,β-unsaturated/α-hetero) is 1. The van der Waals surface area contributed by atoms with Gasteiger partial charge in [0.2, 0.25) is 11.6 Å². The van der Waals surface area contributed by atoms with Crippen LogP contribution in [0, 0.1) is 11.8 Å². The molecule has 40 heavy (non-hydrogen) atoms. The van der Waals surface area contributed by atoms with E-state index in [4.69, 9.17) is 24.7 Å². The highest BCUT2D eigenvalue weighted by Gasteiger charge is 2.34. The lowest BCUT2D eigenvalue weighted by Crippen LogP contribution is -2.37. The van der Waals surface area contributed by atoms with Crippen molar-refractivity contribution >= 4 is 23.6 Å². The molecule has 2 amide bonds. The van der Waals surface area contributed by atoms with Crippen LogP contribution in [0.2, 0.25) is 0 Å². The van der Waals surface area contributed by atoms with Crippen LogP contribution in [0.5, 0.6) is 0 Å². The second kappa shape index (κ2) is 14.7. The third-order valence-electron chi connectivity index (χ3n) is 6.95. The lowest BCUT2D eigenvalue weighted by Gasteiger charge is -2.29. The summed E-state index contributed by atoms with van der Waals surface area (Å²) in [4.78, 5) is 50.6. The van der Waals surface area contributed by atoms with E-state index in [2.05, 4.69) is 5.32 Å². The fraction of sp³-hybridized carbons (Fsp3) is 0.517. The highest BCUT2D eigenvalue weighted by Crippen LogP contribution is 2.29. The van der Waals surface area contributed by atoms with Gasteiger partial charge < -0.3 is 35.1 Å². The van der Waals surface area contributed by atoms with Crippen LogP contribution in [-0.2, 0) is 33.3 Å². The molecule has 1 heterocycles. The Balaban J connectivity index is 2.60. The van der Waals surface area contributed by atoms with Crippen molar-refractivity contribution in [3.05, 3.63) is 58.6 Å². The van der Waals surface area contributed by atoms with E-state index < -0.39 is 53.9 Å². The first-order valence-electron chi connectivity index (χ1n) is 13.0. The van der Waals surface area contributed by atoms with Crippen molar-refractivity contribution in [3.8, 4) is 0 Å². The minimum Gasteiger partial charge on any atom is -0.492 e. The van der Waals surface area contributed by atoms with Gasteiger partial charge >= 0.3 is 6.09 Å². The summed E-state index contributed by atoms with van der Waals surface area (Å²) in [6.07, 6.45) is 3.61. The van der Waals surface area contributed by atoms with Gasteiger partial charge in [-0.3, -0.25) is 14.4 Å². The third kappa shape index (κ3) is 8.23. The molecule has 0 fully saturated rings. The quantitative estimate of drug-likeness (QED) is 0.346. The smallest absolute Gasteiger partial charge is 0.405 e. The monoisotopic (exact) mass is 560 g/mol. The predicted octanol–water partition coefficient (Wildman–Crippen LogP) is 2.41. The van der Waals surface area contributed by atoms with E-state index >= 15 is 0 Å². The number of allylic oxidation sites excluding steroid dienone is 4. The normalized spacial score (nSPS) is 32.7. The number of aliphatic hydroxyl groups excluding tert-OH is 1. The number of rotatable bonds is 4. The summed E-state index contributed by atoms with van der Waals surface area (Å²) in [6, 6.07) is 0. The largest absolute Gasteiger partial charge is 0.492 e. The Bertz CT molecular complexity index is 1150. The minimum absolute atomic E-state index is 0.0801. The molecule has 0 aromatic rings. The van der Waals surface area contributed by atoms with Gasteiger partial charge in [-0.25, -0.2) is 4.79 Å². The van der Waals surface area contributed by atoms with Crippen LogP contribution >= 0.6 is 0 Å². The number of hydrogen-bond donors (Lipinski definition) is 3. The molecule has 0 spiro atoms. The van der Waals surface area contributed by atoms with E-state index in [1.54, 1.807) is 32.1 Å². The molecule has 3 unspecified atom stereocenters. The molecule has 2 rings (SSSR count). The van der Waals surface area contributed by atoms with Crippen molar-refractivity contribution in [2.45, 2.75) is 65.0 Å². The molecule has 6 atom stereocenters. The van der Waals surface area contributed by atoms with E-state index in [1.165, 1.54) is 34.3 Å². The SMILES string of the molecule is COC1=C2C[C@@H](C)C[C@H](OC)C(O)[C@@H](C)/C=C(\C)C(OC(N)=O)C(OC)/C=C\C=C(/C)C(=O)NC(=CC1=O)C2=O. The highest BCUT2D eigenvalue weighted by atomic mass is 16.6. The number of nitrogens with two attached hydrogens (primary N) is 1. The zero-order chi connectivity index (χ0) is 30.1. The van der Waals surface area contributed by atoms with Crippen LogP contribution in [0.15, 0.2) is 58.6 Å². The highest BCUT2D eigenvalue weighted by molar-refractivity contribution is 6.23. The number of carbonyl (C=O) groups excluding carboxylic acids is 4. The molecular formula is C29H40N2O9. The first-order chi connectivity index (χ1) is 18.8. The molecule has 0 aromatic heterocycles. The Labute approximate surface area is 234 Å². The van der Waals surface area contributed by atoms with E-state index in [0.717, 1.165) is 6.08 Å². The average molecular weight is 561 g/mol. The summed E-state index contributed by atoms with van der Waals surface area (Å²) < 4.78 is 21.7. The molecule has 2 bridgehead atoms. The molecule has 0 radical (unpaired) electrons. The molecule has 0 aromatic carbocycles. The van der Waals surface area contributed by atoms with E-state index in [0.29, 0.717) is 12.0 Å². The summed E-state index contributed by atoms with van der Waals surface area (Å²) in [5, 5.41) is 13.7. The molecule has 0 saturated carbocycles. The van der Waals surface area contributed by atoms with Crippen molar-refractivity contribution in [3.63, 3.8) is 0 Å². The fourth-order valence-corrected chi connectivity index (χ4v) is 4.78. The van der Waals surface area contributed by atoms with Crippen LogP contribution < -0.4 is 11.1 Å². The minimum atomic E-state index is -1.00. The number of nitrogens with one attached hydrogen (secondary N) is 1. The van der Waals surface area contributed by atoms with Crippen LogP contribution in [0.3, 0.4) is 0 Å². The molecule has 11 heteroatoms. The number of methoxy groups -OCH3 is 3. The maximum absolute atomic E-state index is 13.3. The van der Waals surface area contributed by atoms with Crippen molar-refractivity contribution in [1.29, 1.82) is 0 Å². The average Bonchev–Trinajstić information content (AvgIpc) is 2.90. The number of amides is 2. The third-order valence-corrected chi connectivity index (χ3v) is 6.95. The summed E-state index contributed by atoms with van der Waals surface area (Å²) >= 11 is 0. The summed E-state index contributed by atoms with van der Waals surface area (Å²) in [7, 11) is 4.21. The lowest BCUT2D eigenvalue weighted by atomic mass is 9.85. The Morgan fingerprint density at radius 3 is 2.35 bits per heavy atom. The number of ether oxygens (including phenoxy) is 4. The maximum atomic E-state index is 13.3. The zero-order valence-corrected chi connectivity index (χ0v) is 24.1. The van der Waals surface area contributed by atoms with E-state index in [9.17, 15) is 24.3 Å².